The summed E-state index contributed by atoms with van der Waals surface area (Å²) in [6.45, 7) is 3.35. The normalized spacial score (nSPS) is 18.1. The van der Waals surface area contributed by atoms with Crippen molar-refractivity contribution in [3.63, 3.8) is 0 Å². The molecule has 0 spiro atoms. The van der Waals surface area contributed by atoms with E-state index in [1.165, 1.54) is 10.8 Å². The first-order valence-electron chi connectivity index (χ1n) is 5.74. The molecule has 0 radical (unpaired) electrons. The van der Waals surface area contributed by atoms with Crippen LogP contribution in [0.2, 0.25) is 0 Å². The topological polar surface area (TPSA) is 87.1 Å². The zero-order valence-electron chi connectivity index (χ0n) is 10.2. The minimum absolute atomic E-state index is 0. The number of aryl methyl sites for hydroxylation is 1. The Bertz CT molecular complexity index is 517. The minimum atomic E-state index is -0.861. The zero-order chi connectivity index (χ0) is 12.5. The Morgan fingerprint density at radius 2 is 2.00 bits per heavy atom. The number of rotatable bonds is 2. The first-order valence-corrected chi connectivity index (χ1v) is 5.74. The number of piperidine rings is 1. The van der Waals surface area contributed by atoms with Crippen molar-refractivity contribution in [2.24, 2.45) is 0 Å². The first kappa shape index (κ1) is 14.9. The summed E-state index contributed by atoms with van der Waals surface area (Å²) in [5.74, 6) is 0. The first-order chi connectivity index (χ1) is 8.00. The summed E-state index contributed by atoms with van der Waals surface area (Å²) < 4.78 is 1.38. The second-order valence-electron chi connectivity index (χ2n) is 4.67. The maximum Gasteiger partial charge on any atom is 0.328 e. The van der Waals surface area contributed by atoms with Crippen molar-refractivity contribution >= 4 is 12.4 Å². The van der Waals surface area contributed by atoms with Gasteiger partial charge in [-0.15, -0.1) is 12.4 Å². The number of hydrogen-bond acceptors (Lipinski definition) is 4. The Morgan fingerprint density at radius 1 is 1.39 bits per heavy atom. The molecule has 0 unspecified atom stereocenters. The molecule has 1 fully saturated rings. The van der Waals surface area contributed by atoms with Gasteiger partial charge in [-0.3, -0.25) is 14.3 Å². The van der Waals surface area contributed by atoms with Crippen LogP contribution in [0, 0.1) is 6.92 Å². The molecule has 2 rings (SSSR count). The van der Waals surface area contributed by atoms with Crippen LogP contribution in [-0.2, 0) is 6.54 Å². The van der Waals surface area contributed by atoms with Crippen LogP contribution in [0.5, 0.6) is 0 Å². The fourth-order valence-corrected chi connectivity index (χ4v) is 2.10. The average molecular weight is 276 g/mol. The van der Waals surface area contributed by atoms with E-state index in [1.54, 1.807) is 6.92 Å². The molecule has 7 heteroatoms. The molecule has 1 aromatic rings. The Kier molecular flexibility index (Phi) is 4.72. The van der Waals surface area contributed by atoms with Crippen molar-refractivity contribution in [1.29, 1.82) is 0 Å². The van der Waals surface area contributed by atoms with Crippen molar-refractivity contribution < 1.29 is 5.11 Å². The molecule has 0 saturated carbocycles. The quantitative estimate of drug-likeness (QED) is 0.671. The van der Waals surface area contributed by atoms with Gasteiger partial charge in [0, 0.05) is 11.8 Å². The number of nitrogens with zero attached hydrogens (tertiary/aromatic N) is 1. The molecule has 3 N–H and O–H groups in total. The Morgan fingerprint density at radius 3 is 2.61 bits per heavy atom. The highest BCUT2D eigenvalue weighted by Crippen LogP contribution is 2.19. The minimum Gasteiger partial charge on any atom is -0.388 e. The van der Waals surface area contributed by atoms with Gasteiger partial charge in [-0.05, 0) is 32.9 Å². The van der Waals surface area contributed by atoms with E-state index < -0.39 is 11.3 Å². The summed E-state index contributed by atoms with van der Waals surface area (Å²) >= 11 is 0. The monoisotopic (exact) mass is 275 g/mol. The molecular formula is C11H18ClN3O3. The number of H-pyrrole nitrogens is 1. The lowest BCUT2D eigenvalue weighted by Crippen LogP contribution is -2.47. The molecular weight excluding hydrogens is 258 g/mol. The highest BCUT2D eigenvalue weighted by atomic mass is 35.5. The van der Waals surface area contributed by atoms with Crippen molar-refractivity contribution in [3.05, 3.63) is 32.6 Å². The van der Waals surface area contributed by atoms with Crippen LogP contribution in [0.1, 0.15) is 18.4 Å². The average Bonchev–Trinajstić information content (AvgIpc) is 2.26. The summed E-state index contributed by atoms with van der Waals surface area (Å²) in [5.41, 5.74) is -1.22. The molecule has 1 aliphatic rings. The van der Waals surface area contributed by atoms with Gasteiger partial charge in [0.1, 0.15) is 0 Å². The van der Waals surface area contributed by atoms with Crippen LogP contribution in [0.4, 0.5) is 0 Å². The molecule has 6 nitrogen and oxygen atoms in total. The third-order valence-corrected chi connectivity index (χ3v) is 3.19. The lowest BCUT2D eigenvalue weighted by Gasteiger charge is -2.32. The zero-order valence-corrected chi connectivity index (χ0v) is 11.0. The molecule has 102 valence electrons. The number of halogens is 1. The van der Waals surface area contributed by atoms with E-state index >= 15 is 0 Å². The number of hydrogen-bond donors (Lipinski definition) is 3. The van der Waals surface area contributed by atoms with Crippen LogP contribution in [0.3, 0.4) is 0 Å². The van der Waals surface area contributed by atoms with E-state index in [9.17, 15) is 14.7 Å². The van der Waals surface area contributed by atoms with E-state index in [0.29, 0.717) is 18.4 Å². The Hall–Kier alpha value is -1.11. The number of aliphatic hydroxyl groups is 1. The van der Waals surface area contributed by atoms with E-state index in [4.69, 9.17) is 0 Å². The smallest absolute Gasteiger partial charge is 0.328 e. The van der Waals surface area contributed by atoms with Crippen molar-refractivity contribution in [3.8, 4) is 0 Å². The third kappa shape index (κ3) is 3.22. The second kappa shape index (κ2) is 5.69. The van der Waals surface area contributed by atoms with Crippen LogP contribution < -0.4 is 16.6 Å². The van der Waals surface area contributed by atoms with Gasteiger partial charge in [-0.1, -0.05) is 0 Å². The van der Waals surface area contributed by atoms with Crippen LogP contribution in [0.25, 0.3) is 0 Å². The SMILES string of the molecule is Cc1cn(CC2(O)CCNCC2)c(=O)[nH]c1=O.Cl. The summed E-state index contributed by atoms with van der Waals surface area (Å²) in [6, 6.07) is 0. The van der Waals surface area contributed by atoms with Crippen LogP contribution >= 0.6 is 12.4 Å². The molecule has 2 heterocycles. The fourth-order valence-electron chi connectivity index (χ4n) is 2.10. The molecule has 1 aromatic heterocycles. The van der Waals surface area contributed by atoms with Gasteiger partial charge in [0.05, 0.1) is 12.1 Å². The van der Waals surface area contributed by atoms with Crippen molar-refractivity contribution in [2.45, 2.75) is 31.9 Å². The van der Waals surface area contributed by atoms with Crippen molar-refractivity contribution in [2.75, 3.05) is 13.1 Å². The molecule has 0 bridgehead atoms. The van der Waals surface area contributed by atoms with E-state index in [1.807, 2.05) is 0 Å². The summed E-state index contributed by atoms with van der Waals surface area (Å²) in [4.78, 5) is 25.1. The molecule has 18 heavy (non-hydrogen) atoms. The van der Waals surface area contributed by atoms with Gasteiger partial charge in [-0.2, -0.15) is 0 Å². The predicted octanol–water partition coefficient (Wildman–Crippen LogP) is -0.619. The van der Waals surface area contributed by atoms with Gasteiger partial charge >= 0.3 is 5.69 Å². The Labute approximate surface area is 110 Å². The molecule has 0 aromatic carbocycles. The molecule has 0 aliphatic carbocycles. The van der Waals surface area contributed by atoms with Crippen LogP contribution in [-0.4, -0.2) is 33.3 Å². The summed E-state index contributed by atoms with van der Waals surface area (Å²) in [7, 11) is 0. The number of aromatic amines is 1. The van der Waals surface area contributed by atoms with Gasteiger partial charge in [0.2, 0.25) is 0 Å². The van der Waals surface area contributed by atoms with Gasteiger partial charge < -0.3 is 10.4 Å². The standard InChI is InChI=1S/C11H17N3O3.ClH/c1-8-6-14(10(16)13-9(8)15)7-11(17)2-4-12-5-3-11;/h6,12,17H,2-5,7H2,1H3,(H,13,15,16);1H. The van der Waals surface area contributed by atoms with Gasteiger partial charge in [0.15, 0.2) is 0 Å². The summed E-state index contributed by atoms with van der Waals surface area (Å²) in [5, 5.41) is 13.5. The predicted molar refractivity (Wildman–Crippen MR) is 70.4 cm³/mol. The second-order valence-corrected chi connectivity index (χ2v) is 4.67. The molecule has 0 atom stereocenters. The van der Waals surface area contributed by atoms with Gasteiger partial charge in [-0.25, -0.2) is 4.79 Å². The maximum atomic E-state index is 11.6. The van der Waals surface area contributed by atoms with Crippen molar-refractivity contribution in [1.82, 2.24) is 14.9 Å². The third-order valence-electron chi connectivity index (χ3n) is 3.19. The highest BCUT2D eigenvalue weighted by molar-refractivity contribution is 5.85. The lowest BCUT2D eigenvalue weighted by atomic mass is 9.92. The molecule has 0 amide bonds. The fraction of sp³-hybridized carbons (Fsp3) is 0.636. The Balaban J connectivity index is 0.00000162. The van der Waals surface area contributed by atoms with Crippen LogP contribution in [0.15, 0.2) is 15.8 Å². The number of aromatic nitrogens is 2. The van der Waals surface area contributed by atoms with E-state index in [-0.39, 0.29) is 24.5 Å². The lowest BCUT2D eigenvalue weighted by molar-refractivity contribution is -0.00654. The summed E-state index contributed by atoms with van der Waals surface area (Å²) in [6.07, 6.45) is 2.72. The maximum absolute atomic E-state index is 11.6. The largest absolute Gasteiger partial charge is 0.388 e. The molecule has 1 aliphatic heterocycles. The number of nitrogens with one attached hydrogen (secondary N) is 2. The van der Waals surface area contributed by atoms with Gasteiger partial charge in [0.25, 0.3) is 5.56 Å². The highest BCUT2D eigenvalue weighted by Gasteiger charge is 2.29. The van der Waals surface area contributed by atoms with E-state index in [2.05, 4.69) is 10.3 Å². The molecule has 1 saturated heterocycles. The van der Waals surface area contributed by atoms with E-state index in [0.717, 1.165) is 13.1 Å².